The number of fused-ring (bicyclic) bond motifs is 1. The maximum absolute atomic E-state index is 11.2. The van der Waals surface area contributed by atoms with Crippen molar-refractivity contribution in [3.63, 3.8) is 0 Å². The number of rotatable bonds is 4. The van der Waals surface area contributed by atoms with Gasteiger partial charge in [0, 0.05) is 23.1 Å². The minimum Gasteiger partial charge on any atom is -0.481 e. The maximum Gasteiger partial charge on any atom is 0.307 e. The average molecular weight is 293 g/mol. The van der Waals surface area contributed by atoms with Crippen LogP contribution in [0.1, 0.15) is 22.4 Å². The molecule has 0 atom stereocenters. The molecule has 0 saturated carbocycles. The van der Waals surface area contributed by atoms with E-state index in [1.54, 1.807) is 0 Å². The van der Waals surface area contributed by atoms with Crippen LogP contribution < -0.4 is 0 Å². The zero-order chi connectivity index (χ0) is 15.7. The molecule has 2 aromatic carbocycles. The van der Waals surface area contributed by atoms with Gasteiger partial charge in [0.25, 0.3) is 0 Å². The Kier molecular flexibility index (Phi) is 3.72. The Morgan fingerprint density at radius 3 is 2.50 bits per heavy atom. The van der Waals surface area contributed by atoms with E-state index in [4.69, 9.17) is 0 Å². The van der Waals surface area contributed by atoms with Gasteiger partial charge in [0.15, 0.2) is 0 Å². The van der Waals surface area contributed by atoms with Crippen LogP contribution in [-0.4, -0.2) is 15.6 Å². The average Bonchev–Trinajstić information content (AvgIpc) is 2.73. The minimum absolute atomic E-state index is 0.0627. The summed E-state index contributed by atoms with van der Waals surface area (Å²) in [6.07, 6.45) is 0.0627. The summed E-state index contributed by atoms with van der Waals surface area (Å²) in [6, 6.07) is 16.5. The summed E-state index contributed by atoms with van der Waals surface area (Å²) in [6.45, 7) is 4.83. The standard InChI is InChI=1S/C19H19NO2/c1-13-8-9-16-17(11-19(21)22)14(2)20(18(16)10-13)12-15-6-4-3-5-7-15/h3-10H,11-12H2,1-2H3,(H,21,22). The van der Waals surface area contributed by atoms with Crippen molar-refractivity contribution in [3.05, 3.63) is 70.9 Å². The van der Waals surface area contributed by atoms with Gasteiger partial charge in [0.1, 0.15) is 0 Å². The largest absolute Gasteiger partial charge is 0.481 e. The molecule has 0 amide bonds. The molecular weight excluding hydrogens is 274 g/mol. The van der Waals surface area contributed by atoms with Crippen LogP contribution in [0.4, 0.5) is 0 Å². The Balaban J connectivity index is 2.17. The van der Waals surface area contributed by atoms with E-state index in [9.17, 15) is 9.90 Å². The number of aryl methyl sites for hydroxylation is 1. The monoisotopic (exact) mass is 293 g/mol. The number of benzene rings is 2. The first-order chi connectivity index (χ1) is 10.6. The van der Waals surface area contributed by atoms with Gasteiger partial charge in [-0.15, -0.1) is 0 Å². The Hall–Kier alpha value is -2.55. The molecule has 3 heteroatoms. The van der Waals surface area contributed by atoms with Gasteiger partial charge in [0.2, 0.25) is 0 Å². The van der Waals surface area contributed by atoms with E-state index in [1.165, 1.54) is 11.1 Å². The van der Waals surface area contributed by atoms with Crippen molar-refractivity contribution in [1.82, 2.24) is 4.57 Å². The van der Waals surface area contributed by atoms with E-state index < -0.39 is 5.97 Å². The quantitative estimate of drug-likeness (QED) is 0.792. The SMILES string of the molecule is Cc1ccc2c(CC(=O)O)c(C)n(Cc3ccccc3)c2c1. The summed E-state index contributed by atoms with van der Waals surface area (Å²) in [4.78, 5) is 11.2. The van der Waals surface area contributed by atoms with Crippen molar-refractivity contribution < 1.29 is 9.90 Å². The normalized spacial score (nSPS) is 11.0. The molecule has 22 heavy (non-hydrogen) atoms. The molecule has 3 aromatic rings. The summed E-state index contributed by atoms with van der Waals surface area (Å²) in [7, 11) is 0. The summed E-state index contributed by atoms with van der Waals surface area (Å²) in [5.41, 5.74) is 5.45. The molecule has 112 valence electrons. The number of aliphatic carboxylic acids is 1. The van der Waals surface area contributed by atoms with Crippen molar-refractivity contribution in [2.45, 2.75) is 26.8 Å². The topological polar surface area (TPSA) is 42.2 Å². The lowest BCUT2D eigenvalue weighted by molar-refractivity contribution is -0.136. The molecule has 1 N–H and O–H groups in total. The third-order valence-electron chi connectivity index (χ3n) is 4.12. The molecule has 0 aliphatic heterocycles. The summed E-state index contributed by atoms with van der Waals surface area (Å²) in [5.74, 6) is -0.789. The van der Waals surface area contributed by atoms with Crippen molar-refractivity contribution in [2.24, 2.45) is 0 Å². The molecule has 3 rings (SSSR count). The van der Waals surface area contributed by atoms with Crippen molar-refractivity contribution in [2.75, 3.05) is 0 Å². The second-order valence-electron chi connectivity index (χ2n) is 5.73. The number of carboxylic acid groups (broad SMARTS) is 1. The molecule has 0 spiro atoms. The van der Waals surface area contributed by atoms with Crippen LogP contribution in [0.15, 0.2) is 48.5 Å². The second kappa shape index (κ2) is 5.68. The number of carboxylic acids is 1. The summed E-state index contributed by atoms with van der Waals surface area (Å²) < 4.78 is 2.22. The Labute approximate surface area is 129 Å². The number of hydrogen-bond donors (Lipinski definition) is 1. The van der Waals surface area contributed by atoms with Crippen molar-refractivity contribution >= 4 is 16.9 Å². The molecule has 1 heterocycles. The van der Waals surface area contributed by atoms with Gasteiger partial charge in [-0.05, 0) is 36.6 Å². The highest BCUT2D eigenvalue weighted by molar-refractivity contribution is 5.89. The van der Waals surface area contributed by atoms with Crippen molar-refractivity contribution in [3.8, 4) is 0 Å². The zero-order valence-electron chi connectivity index (χ0n) is 12.8. The number of nitrogens with zero attached hydrogens (tertiary/aromatic N) is 1. The fourth-order valence-electron chi connectivity index (χ4n) is 3.00. The third kappa shape index (κ3) is 2.62. The predicted molar refractivity (Wildman–Crippen MR) is 88.3 cm³/mol. The van der Waals surface area contributed by atoms with Crippen LogP contribution in [0, 0.1) is 13.8 Å². The van der Waals surface area contributed by atoms with Crippen LogP contribution in [0.25, 0.3) is 10.9 Å². The first kappa shape index (κ1) is 14.4. The Morgan fingerprint density at radius 2 is 1.82 bits per heavy atom. The van der Waals surface area contributed by atoms with Gasteiger partial charge >= 0.3 is 5.97 Å². The first-order valence-corrected chi connectivity index (χ1v) is 7.40. The van der Waals surface area contributed by atoms with Crippen LogP contribution >= 0.6 is 0 Å². The van der Waals surface area contributed by atoms with Gasteiger partial charge in [-0.3, -0.25) is 4.79 Å². The highest BCUT2D eigenvalue weighted by Crippen LogP contribution is 2.28. The maximum atomic E-state index is 11.2. The second-order valence-corrected chi connectivity index (χ2v) is 5.73. The van der Waals surface area contributed by atoms with Gasteiger partial charge < -0.3 is 9.67 Å². The lowest BCUT2D eigenvalue weighted by Crippen LogP contribution is -2.05. The molecule has 0 aliphatic rings. The van der Waals surface area contributed by atoms with E-state index in [-0.39, 0.29) is 6.42 Å². The smallest absolute Gasteiger partial charge is 0.307 e. The number of carbonyl (C=O) groups is 1. The van der Waals surface area contributed by atoms with Crippen molar-refractivity contribution in [1.29, 1.82) is 0 Å². The Bertz CT molecular complexity index is 832. The molecule has 0 aliphatic carbocycles. The van der Waals surface area contributed by atoms with E-state index in [2.05, 4.69) is 29.7 Å². The fourth-order valence-corrected chi connectivity index (χ4v) is 3.00. The highest BCUT2D eigenvalue weighted by atomic mass is 16.4. The van der Waals surface area contributed by atoms with E-state index in [0.29, 0.717) is 0 Å². The molecule has 0 saturated heterocycles. The van der Waals surface area contributed by atoms with Crippen LogP contribution in [-0.2, 0) is 17.8 Å². The lowest BCUT2D eigenvalue weighted by atomic mass is 10.1. The third-order valence-corrected chi connectivity index (χ3v) is 4.12. The van der Waals surface area contributed by atoms with Crippen LogP contribution in [0.5, 0.6) is 0 Å². The molecular formula is C19H19NO2. The lowest BCUT2D eigenvalue weighted by Gasteiger charge is -2.09. The van der Waals surface area contributed by atoms with Gasteiger partial charge in [-0.2, -0.15) is 0 Å². The summed E-state index contributed by atoms with van der Waals surface area (Å²) >= 11 is 0. The molecule has 0 unspecified atom stereocenters. The van der Waals surface area contributed by atoms with Crippen LogP contribution in [0.2, 0.25) is 0 Å². The van der Waals surface area contributed by atoms with Gasteiger partial charge in [-0.1, -0.05) is 42.5 Å². The van der Waals surface area contributed by atoms with E-state index >= 15 is 0 Å². The Morgan fingerprint density at radius 1 is 1.09 bits per heavy atom. The number of hydrogen-bond acceptors (Lipinski definition) is 1. The van der Waals surface area contributed by atoms with Gasteiger partial charge in [0.05, 0.1) is 6.42 Å². The zero-order valence-corrected chi connectivity index (χ0v) is 12.8. The van der Waals surface area contributed by atoms with Crippen LogP contribution in [0.3, 0.4) is 0 Å². The summed E-state index contributed by atoms with van der Waals surface area (Å²) in [5, 5.41) is 10.2. The molecule has 1 aromatic heterocycles. The van der Waals surface area contributed by atoms with Gasteiger partial charge in [-0.25, -0.2) is 0 Å². The molecule has 0 fully saturated rings. The van der Waals surface area contributed by atoms with E-state index in [1.807, 2.05) is 37.3 Å². The predicted octanol–water partition coefficient (Wildman–Crippen LogP) is 3.93. The number of aromatic nitrogens is 1. The molecule has 0 radical (unpaired) electrons. The fraction of sp³-hybridized carbons (Fsp3) is 0.211. The first-order valence-electron chi connectivity index (χ1n) is 7.40. The van der Waals surface area contributed by atoms with E-state index in [0.717, 1.165) is 28.7 Å². The highest BCUT2D eigenvalue weighted by Gasteiger charge is 2.16. The minimum atomic E-state index is -0.789. The molecule has 0 bridgehead atoms. The molecule has 3 nitrogen and oxygen atoms in total.